The molecule has 0 spiro atoms. The number of hydrogen-bond acceptors (Lipinski definition) is 11. The molecule has 10 N–H and O–H groups in total. The van der Waals surface area contributed by atoms with Gasteiger partial charge in [-0.3, -0.25) is 23.9 Å². The number of nitrogens with one attached hydrogen (secondary N) is 1. The number of ether oxygens (including phenoxy) is 2. The van der Waals surface area contributed by atoms with Crippen LogP contribution >= 0.6 is 17.8 Å². The number of epoxide rings is 1. The fourth-order valence-corrected chi connectivity index (χ4v) is 18.8. The molecule has 10 fully saturated rings. The molecule has 0 amide bonds. The average Bonchev–Trinajstić information content (AvgIpc) is 1.66. The van der Waals surface area contributed by atoms with Crippen LogP contribution in [-0.2, 0) is 28.7 Å². The number of rotatable bonds is 4. The van der Waals surface area contributed by atoms with Crippen molar-refractivity contribution in [3.8, 4) is 0 Å². The Bertz CT molecular complexity index is 2730. The molecule has 3 saturated heterocycles. The van der Waals surface area contributed by atoms with Crippen LogP contribution in [0.3, 0.4) is 0 Å². The molecule has 14 aliphatic rings. The van der Waals surface area contributed by atoms with Gasteiger partial charge < -0.3 is 46.8 Å². The van der Waals surface area contributed by atoms with Crippen LogP contribution in [0.4, 0.5) is 4.70 Å². The van der Waals surface area contributed by atoms with Crippen molar-refractivity contribution in [1.82, 2.24) is 5.32 Å². The van der Waals surface area contributed by atoms with E-state index in [1.54, 1.807) is 0 Å². The predicted molar refractivity (Wildman–Crippen MR) is 487 cm³/mol. The van der Waals surface area contributed by atoms with Gasteiger partial charge in [-0.15, -0.1) is 0 Å². The van der Waals surface area contributed by atoms with Crippen molar-refractivity contribution in [3.63, 3.8) is 0 Å². The molecule has 2 radical (unpaired) electrons. The van der Waals surface area contributed by atoms with Crippen molar-refractivity contribution < 1.29 is 61.1 Å². The summed E-state index contributed by atoms with van der Waals surface area (Å²) >= 11 is -0.826. The number of esters is 2. The zero-order valence-electron chi connectivity index (χ0n) is 77.2. The predicted octanol–water partition coefficient (Wildman–Crippen LogP) is 23.7. The van der Waals surface area contributed by atoms with E-state index in [0.717, 1.165) is 145 Å². The molecule has 680 valence electrons. The van der Waals surface area contributed by atoms with E-state index < -0.39 is 36.9 Å². The second kappa shape index (κ2) is 58.8. The molecule has 3 aliphatic heterocycles. The van der Waals surface area contributed by atoms with Crippen LogP contribution in [0.5, 0.6) is 0 Å². The molecule has 0 aromatic rings. The molecule has 117 heavy (non-hydrogen) atoms. The van der Waals surface area contributed by atoms with Gasteiger partial charge >= 0.3 is 60.6 Å². The van der Waals surface area contributed by atoms with Gasteiger partial charge in [0.25, 0.3) is 0 Å². The van der Waals surface area contributed by atoms with Crippen LogP contribution < -0.4 is 11.1 Å². The van der Waals surface area contributed by atoms with Gasteiger partial charge in [-0.25, -0.2) is 0 Å². The molecule has 0 unspecified atom stereocenters. The van der Waals surface area contributed by atoms with E-state index in [2.05, 4.69) is 220 Å². The number of cyclic esters (lactones) is 2. The van der Waals surface area contributed by atoms with Crippen LogP contribution in [0.1, 0.15) is 309 Å². The second-order valence-corrected chi connectivity index (χ2v) is 44.0. The number of halogens is 3. The minimum absolute atomic E-state index is 0. The number of allylic oxidation sites excluding steroid dienone is 8. The van der Waals surface area contributed by atoms with E-state index in [0.29, 0.717) is 84.9 Å². The number of fused-ring (bicyclic) bond motifs is 3. The Morgan fingerprint density at radius 2 is 0.675 bits per heavy atom. The van der Waals surface area contributed by atoms with Crippen LogP contribution in [0.2, 0.25) is 0 Å². The average molecular weight is 1800 g/mol. The molecule has 19 nitrogen and oxygen atoms in total. The number of hydrogen-bond donors (Lipinski definition) is 5. The maximum absolute atomic E-state index is 10.9. The number of aliphatic hydroxyl groups excluding tert-OH is 1. The first-order valence-corrected chi connectivity index (χ1v) is 52.5. The molecule has 3 heterocycles. The quantitative estimate of drug-likeness (QED) is 0.0257. The molecule has 36 atom stereocenters. The van der Waals surface area contributed by atoms with Gasteiger partial charge in [0.1, 0.15) is 0 Å². The van der Waals surface area contributed by atoms with Gasteiger partial charge in [-0.2, -0.15) is 0 Å². The summed E-state index contributed by atoms with van der Waals surface area (Å²) in [6.45, 7) is 54.6. The Morgan fingerprint density at radius 3 is 1.03 bits per heavy atom. The third-order valence-electron chi connectivity index (χ3n) is 30.4. The monoisotopic (exact) mass is 1800 g/mol. The fraction of sp³-hybridized carbons (Fsp3) is 0.872. The van der Waals surface area contributed by atoms with Crippen LogP contribution in [0.15, 0.2) is 58.8 Å². The number of carbonyl (C=O) groups is 4. The number of carboxylic acid groups (broad SMARTS) is 2. The Morgan fingerprint density at radius 1 is 0.393 bits per heavy atom. The summed E-state index contributed by atoms with van der Waals surface area (Å²) in [4.78, 5) is 48.9. The van der Waals surface area contributed by atoms with Crippen molar-refractivity contribution in [2.45, 2.75) is 356 Å². The molecular formula is C94H173Cl2FN8O11Sn. The molecule has 7 saturated carbocycles. The first kappa shape index (κ1) is 114. The molecule has 23 heteroatoms. The van der Waals surface area contributed by atoms with Gasteiger partial charge in [0.2, 0.25) is 0 Å². The van der Waals surface area contributed by atoms with Crippen LogP contribution in [-0.4, -0.2) is 118 Å². The molecule has 11 aliphatic carbocycles. The molecule has 0 aromatic heterocycles. The van der Waals surface area contributed by atoms with Crippen LogP contribution in [0.25, 0.3) is 20.9 Å². The third kappa shape index (κ3) is 41.4. The zero-order valence-corrected chi connectivity index (χ0v) is 81.5. The number of aliphatic carboxylic acids is 2. The fourth-order valence-electron chi connectivity index (χ4n) is 18.8. The van der Waals surface area contributed by atoms with Gasteiger partial charge in [-0.05, 0) is 294 Å². The second-order valence-electron chi connectivity index (χ2n) is 39.8. The Labute approximate surface area is 729 Å². The summed E-state index contributed by atoms with van der Waals surface area (Å²) in [5, 5.41) is 38.0. The number of azide groups is 2. The van der Waals surface area contributed by atoms with Gasteiger partial charge in [0.15, 0.2) is 0 Å². The van der Waals surface area contributed by atoms with E-state index >= 15 is 0 Å². The molecular weight excluding hydrogens is 1630 g/mol. The number of nitrogens with zero attached hydrogens (tertiary/aromatic N) is 6. The number of carboxylic acids is 2. The van der Waals surface area contributed by atoms with Gasteiger partial charge in [0, 0.05) is 35.4 Å². The molecule has 0 bridgehead atoms. The van der Waals surface area contributed by atoms with Crippen molar-refractivity contribution in [1.29, 1.82) is 0 Å². The summed E-state index contributed by atoms with van der Waals surface area (Å²) in [6.07, 6.45) is 42.7. The standard InChI is InChI=1S/C10H18O2.C10H20.C9H17N3.C9H19N.C8H15N3O.C8H15N.C8H8O3.C8H12O2.C8H14O.2C8H14.2ClH.FH.2H2O.Sn.H2/c1-6-4-8(3)9(10(11)12)5-7(6)2;1-7-5-9(3)10(4)6-8(7)2;1-6-4-8(3)9(11-12-10)5-7(6)2;1-6-4-8(3)9(10)5-7(6)2;1-5-3-7(10-11-9)8(12)4-6(5)2;1-5-3-7-8(9-7)4-6(5)2;9-7-5-3-1-2-4-6(5)8(10)11-7;1-6-4-2-3-5-7(6)8(9)10;1-5-3-7-8(9-7)4-6(5)2;2*1-7-5-3-4-6-8(7)2;;;;;;;/h6-9H,4-5H2,1-3H3,(H,11,12);7-10H,5-6H2,1-4H3;6-9H,4-5H2,1-3H3;6-9H,4-5,10H2,1-3H3;5-8,12H,3-4H2,1-2H3;5-9H,3-4H2,1-2H3;1-2,5-6H,3-4H2;2-3,6-7H,4-5H2,1H3,(H,9,10);5-8H,3-4H2,1-2H3;2*3-4,7-8H,5-6H2,1-2H3;3*1H;2*1H2;;1H/q;;;;;;;;;;;;;;;;+2;/p-2/t6-,7-,8+,9-;7-,8-,9-,10+;2*6-,7+,8-,9-;5-,6+,7-,8-;5-,6+,7-,8+;5-,6+;6-,7+;5-,6+,7+,8-;2*7-,8+;;;;;;;/m00001..0........../s1/i;;;;;;;;;;;;;;;;;1+2. The summed E-state index contributed by atoms with van der Waals surface area (Å²) in [6, 6.07) is 2.32. The van der Waals surface area contributed by atoms with E-state index in [4.69, 9.17) is 49.6 Å². The maximum atomic E-state index is 10.9. The summed E-state index contributed by atoms with van der Waals surface area (Å²) in [5.41, 5.74) is 22.5. The van der Waals surface area contributed by atoms with Crippen molar-refractivity contribution in [2.24, 2.45) is 182 Å². The topological polar surface area (TPSA) is 359 Å². The number of aliphatic hydroxyl groups is 1. The SMILES string of the molecule is C[C@@H]1CC=CC[C@@H]1C.C[C@@H]1CC=CC[C@@H]1C.C[C@@H]1C[C@@H](N=[N+]=[N-])[C@H](O)C[C@@H]1C.C[C@@H]1C[C@@H]2O[C@@H]2C[C@@H]1C.C[C@@H]1C[C@H](C)[C@@H](C)C[C@@H]1C.C[C@@H]1C[C@H](C)[C@@H](C)C[C@@H]1C(=O)O.C[C@@H]1C[C@H](N)[C@@H](C)C[C@@H]1C.C[C@@H]1C[C@H](N=[N+]=[N-])[C@@H](C)C[C@@H]1C.C[C@@H]1C[C@H]2N[C@H]2C[C@@H]1C.C[C@H]1CC=CC[C@H]1C(=O)O.F.O.O.O=C1OC(=O)[C@@H]2CC=CC[C@H]12.[3HH].[Cl][Sn][Cl]. The van der Waals surface area contributed by atoms with E-state index in [1.165, 1.54) is 83.5 Å². The normalized spacial score (nSPS) is 41.5. The zero-order chi connectivity index (χ0) is 86.0. The number of nitrogens with two attached hydrogens (primary N) is 1. The molecule has 0 aromatic carbocycles. The van der Waals surface area contributed by atoms with Gasteiger partial charge in [0.05, 0.1) is 48.0 Å². The summed E-state index contributed by atoms with van der Waals surface area (Å²) in [5.74, 6) is 16.2. The van der Waals surface area contributed by atoms with E-state index in [-0.39, 0.29) is 64.8 Å². The first-order valence-electron chi connectivity index (χ1n) is 45.3. The Hall–Kier alpha value is -3.27. The van der Waals surface area contributed by atoms with Crippen LogP contribution in [0, 0.1) is 166 Å². The minimum atomic E-state index is -0.826. The number of carbonyl (C=O) groups excluding carboxylic acids is 2. The Kier molecular flexibility index (Phi) is 57.1. The van der Waals surface area contributed by atoms with E-state index in [1.807, 2.05) is 25.2 Å². The summed E-state index contributed by atoms with van der Waals surface area (Å²) < 4.78 is 9.91. The van der Waals surface area contributed by atoms with E-state index in [9.17, 15) is 24.3 Å². The molecule has 14 rings (SSSR count). The Balaban J connectivity index is 0. The third-order valence-corrected chi connectivity index (χ3v) is 30.4. The van der Waals surface area contributed by atoms with Crippen molar-refractivity contribution >= 4 is 60.6 Å². The first-order chi connectivity index (χ1) is 53.6. The summed E-state index contributed by atoms with van der Waals surface area (Å²) in [7, 11) is 9.87. The van der Waals surface area contributed by atoms with Gasteiger partial charge in [-0.1, -0.05) is 225 Å². The van der Waals surface area contributed by atoms with Crippen molar-refractivity contribution in [2.75, 3.05) is 0 Å². The van der Waals surface area contributed by atoms with Crippen molar-refractivity contribution in [3.05, 3.63) is 69.5 Å².